The van der Waals surface area contributed by atoms with Crippen LogP contribution in [0.5, 0.6) is 0 Å². The van der Waals surface area contributed by atoms with Gasteiger partial charge in [-0.15, -0.1) is 0 Å². The number of rotatable bonds is 6. The van der Waals surface area contributed by atoms with E-state index < -0.39 is 0 Å². The SMILES string of the molecule is CNCCCc1noc(Cc2ccc(Br)cc2)n1. The summed E-state index contributed by atoms with van der Waals surface area (Å²) in [7, 11) is 1.94. The number of halogens is 1. The minimum Gasteiger partial charge on any atom is -0.339 e. The lowest BCUT2D eigenvalue weighted by Gasteiger charge is -1.96. The molecule has 0 bridgehead atoms. The standard InChI is InChI=1S/C13H16BrN3O/c1-15-8-2-3-12-16-13(18-17-12)9-10-4-6-11(14)7-5-10/h4-7,15H,2-3,8-9H2,1H3. The highest BCUT2D eigenvalue weighted by atomic mass is 79.9. The van der Waals surface area contributed by atoms with E-state index in [0.717, 1.165) is 29.7 Å². The molecule has 0 radical (unpaired) electrons. The van der Waals surface area contributed by atoms with Crippen LogP contribution in [0.15, 0.2) is 33.3 Å². The molecule has 0 amide bonds. The van der Waals surface area contributed by atoms with Crippen LogP contribution in [0, 0.1) is 0 Å². The first-order valence-corrected chi connectivity index (χ1v) is 6.78. The van der Waals surface area contributed by atoms with Crippen molar-refractivity contribution in [3.8, 4) is 0 Å². The van der Waals surface area contributed by atoms with Crippen LogP contribution in [-0.4, -0.2) is 23.7 Å². The second kappa shape index (κ2) is 6.66. The van der Waals surface area contributed by atoms with E-state index >= 15 is 0 Å². The summed E-state index contributed by atoms with van der Waals surface area (Å²) in [5, 5.41) is 7.08. The number of hydrogen-bond acceptors (Lipinski definition) is 4. The lowest BCUT2D eigenvalue weighted by molar-refractivity contribution is 0.379. The van der Waals surface area contributed by atoms with Crippen molar-refractivity contribution in [1.29, 1.82) is 0 Å². The van der Waals surface area contributed by atoms with Gasteiger partial charge in [0.15, 0.2) is 5.82 Å². The highest BCUT2D eigenvalue weighted by Gasteiger charge is 2.06. The zero-order valence-corrected chi connectivity index (χ0v) is 11.9. The molecule has 0 saturated carbocycles. The fourth-order valence-electron chi connectivity index (χ4n) is 1.66. The van der Waals surface area contributed by atoms with Gasteiger partial charge < -0.3 is 9.84 Å². The summed E-state index contributed by atoms with van der Waals surface area (Å²) in [6, 6.07) is 8.13. The zero-order valence-electron chi connectivity index (χ0n) is 10.3. The van der Waals surface area contributed by atoms with E-state index in [1.165, 1.54) is 5.56 Å². The summed E-state index contributed by atoms with van der Waals surface area (Å²) in [5.74, 6) is 1.47. The maximum absolute atomic E-state index is 5.24. The molecule has 1 heterocycles. The fraction of sp³-hybridized carbons (Fsp3) is 0.385. The topological polar surface area (TPSA) is 51.0 Å². The first-order chi connectivity index (χ1) is 8.78. The third kappa shape index (κ3) is 3.92. The van der Waals surface area contributed by atoms with Gasteiger partial charge in [0, 0.05) is 10.9 Å². The minimum atomic E-state index is 0.678. The van der Waals surface area contributed by atoms with Gasteiger partial charge in [0.1, 0.15) is 0 Å². The van der Waals surface area contributed by atoms with Crippen molar-refractivity contribution in [1.82, 2.24) is 15.5 Å². The largest absolute Gasteiger partial charge is 0.339 e. The summed E-state index contributed by atoms with van der Waals surface area (Å²) in [5.41, 5.74) is 1.17. The Morgan fingerprint density at radius 3 is 2.78 bits per heavy atom. The predicted octanol–water partition coefficient (Wildman–Crippen LogP) is 2.57. The molecule has 2 aromatic rings. The second-order valence-electron chi connectivity index (χ2n) is 4.11. The summed E-state index contributed by atoms with van der Waals surface area (Å²) in [6.07, 6.45) is 2.56. The Kier molecular flexibility index (Phi) is 4.90. The van der Waals surface area contributed by atoms with Crippen molar-refractivity contribution in [2.24, 2.45) is 0 Å². The van der Waals surface area contributed by atoms with Crippen LogP contribution in [0.3, 0.4) is 0 Å². The summed E-state index contributed by atoms with van der Waals surface area (Å²) < 4.78 is 6.31. The minimum absolute atomic E-state index is 0.678. The van der Waals surface area contributed by atoms with E-state index in [2.05, 4.69) is 43.5 Å². The van der Waals surface area contributed by atoms with E-state index in [1.54, 1.807) is 0 Å². The number of aryl methyl sites for hydroxylation is 1. The predicted molar refractivity (Wildman–Crippen MR) is 73.5 cm³/mol. The Labute approximate surface area is 115 Å². The molecule has 0 spiro atoms. The monoisotopic (exact) mass is 309 g/mol. The van der Waals surface area contributed by atoms with E-state index in [1.807, 2.05) is 19.2 Å². The number of hydrogen-bond donors (Lipinski definition) is 1. The molecule has 4 nitrogen and oxygen atoms in total. The number of nitrogens with zero attached hydrogens (tertiary/aromatic N) is 2. The van der Waals surface area contributed by atoms with E-state index in [0.29, 0.717) is 12.3 Å². The van der Waals surface area contributed by atoms with Crippen LogP contribution < -0.4 is 5.32 Å². The molecule has 0 atom stereocenters. The molecule has 18 heavy (non-hydrogen) atoms. The molecule has 0 aliphatic carbocycles. The lowest BCUT2D eigenvalue weighted by atomic mass is 10.1. The van der Waals surface area contributed by atoms with Gasteiger partial charge in [0.05, 0.1) is 6.42 Å². The van der Waals surface area contributed by atoms with E-state index in [-0.39, 0.29) is 0 Å². The van der Waals surface area contributed by atoms with Crippen LogP contribution in [0.1, 0.15) is 23.7 Å². The Bertz CT molecular complexity index is 481. The van der Waals surface area contributed by atoms with Crippen molar-refractivity contribution in [3.05, 3.63) is 46.0 Å². The molecule has 0 aliphatic heterocycles. The average Bonchev–Trinajstić information content (AvgIpc) is 2.80. The van der Waals surface area contributed by atoms with Gasteiger partial charge in [-0.2, -0.15) is 4.98 Å². The van der Waals surface area contributed by atoms with E-state index in [9.17, 15) is 0 Å². The maximum Gasteiger partial charge on any atom is 0.231 e. The van der Waals surface area contributed by atoms with Crippen molar-refractivity contribution in [2.45, 2.75) is 19.3 Å². The number of nitrogens with one attached hydrogen (secondary N) is 1. The molecule has 0 saturated heterocycles. The van der Waals surface area contributed by atoms with Crippen molar-refractivity contribution >= 4 is 15.9 Å². The van der Waals surface area contributed by atoms with Crippen LogP contribution >= 0.6 is 15.9 Å². The van der Waals surface area contributed by atoms with Gasteiger partial charge >= 0.3 is 0 Å². The van der Waals surface area contributed by atoms with Crippen molar-refractivity contribution < 1.29 is 4.52 Å². The molecule has 5 heteroatoms. The van der Waals surface area contributed by atoms with Gasteiger partial charge in [0.25, 0.3) is 0 Å². The zero-order chi connectivity index (χ0) is 12.8. The van der Waals surface area contributed by atoms with Gasteiger partial charge in [0.2, 0.25) is 5.89 Å². The molecule has 1 aromatic carbocycles. The van der Waals surface area contributed by atoms with Crippen molar-refractivity contribution in [2.75, 3.05) is 13.6 Å². The number of benzene rings is 1. The quantitative estimate of drug-likeness (QED) is 0.833. The third-order valence-electron chi connectivity index (χ3n) is 2.61. The van der Waals surface area contributed by atoms with Gasteiger partial charge in [-0.25, -0.2) is 0 Å². The van der Waals surface area contributed by atoms with E-state index in [4.69, 9.17) is 4.52 Å². The molecule has 1 N–H and O–H groups in total. The van der Waals surface area contributed by atoms with Crippen LogP contribution in [0.2, 0.25) is 0 Å². The Balaban J connectivity index is 1.91. The highest BCUT2D eigenvalue weighted by Crippen LogP contribution is 2.13. The van der Waals surface area contributed by atoms with Crippen LogP contribution in [0.25, 0.3) is 0 Å². The Morgan fingerprint density at radius 1 is 1.28 bits per heavy atom. The Hall–Kier alpha value is -1.20. The first-order valence-electron chi connectivity index (χ1n) is 5.98. The maximum atomic E-state index is 5.24. The number of aromatic nitrogens is 2. The normalized spacial score (nSPS) is 10.8. The second-order valence-corrected chi connectivity index (χ2v) is 5.03. The molecule has 1 aromatic heterocycles. The molecule has 0 unspecified atom stereocenters. The lowest BCUT2D eigenvalue weighted by Crippen LogP contribution is -2.08. The molecular weight excluding hydrogens is 294 g/mol. The smallest absolute Gasteiger partial charge is 0.231 e. The third-order valence-corrected chi connectivity index (χ3v) is 3.13. The van der Waals surface area contributed by atoms with Gasteiger partial charge in [-0.3, -0.25) is 0 Å². The molecule has 96 valence electrons. The van der Waals surface area contributed by atoms with Crippen LogP contribution in [0.4, 0.5) is 0 Å². The van der Waals surface area contributed by atoms with Gasteiger partial charge in [-0.1, -0.05) is 33.2 Å². The Morgan fingerprint density at radius 2 is 2.06 bits per heavy atom. The molecule has 2 rings (SSSR count). The summed E-state index contributed by atoms with van der Waals surface area (Å²) in [4.78, 5) is 4.38. The molecular formula is C13H16BrN3O. The fourth-order valence-corrected chi connectivity index (χ4v) is 1.93. The van der Waals surface area contributed by atoms with Gasteiger partial charge in [-0.05, 0) is 37.7 Å². The first kappa shape index (κ1) is 13.2. The highest BCUT2D eigenvalue weighted by molar-refractivity contribution is 9.10. The van der Waals surface area contributed by atoms with Crippen LogP contribution in [-0.2, 0) is 12.8 Å². The summed E-state index contributed by atoms with van der Waals surface area (Å²) >= 11 is 3.41. The van der Waals surface area contributed by atoms with Crippen molar-refractivity contribution in [3.63, 3.8) is 0 Å². The molecule has 0 fully saturated rings. The average molecular weight is 310 g/mol. The molecule has 0 aliphatic rings. The summed E-state index contributed by atoms with van der Waals surface area (Å²) in [6.45, 7) is 0.969.